The zero-order valence-corrected chi connectivity index (χ0v) is 8.91. The van der Waals surface area contributed by atoms with Crippen molar-refractivity contribution in [2.24, 2.45) is 17.6 Å². The highest BCUT2D eigenvalue weighted by atomic mass is 16.2. The summed E-state index contributed by atoms with van der Waals surface area (Å²) in [6.07, 6.45) is 5.74. The molecule has 2 atom stereocenters. The quantitative estimate of drug-likeness (QED) is 0.731. The van der Waals surface area contributed by atoms with Gasteiger partial charge in [0.2, 0.25) is 5.91 Å². The number of nitrogens with two attached hydrogens (primary N) is 1. The van der Waals surface area contributed by atoms with Crippen molar-refractivity contribution < 1.29 is 4.79 Å². The van der Waals surface area contributed by atoms with Crippen molar-refractivity contribution >= 4 is 5.91 Å². The first-order valence-electron chi connectivity index (χ1n) is 5.69. The zero-order chi connectivity index (χ0) is 10.1. The lowest BCUT2D eigenvalue weighted by molar-refractivity contribution is -0.134. The summed E-state index contributed by atoms with van der Waals surface area (Å²) in [7, 11) is 1.92. The molecule has 0 radical (unpaired) electrons. The molecule has 0 aromatic heterocycles. The Morgan fingerprint density at radius 2 is 2.07 bits per heavy atom. The minimum Gasteiger partial charge on any atom is -0.345 e. The van der Waals surface area contributed by atoms with Gasteiger partial charge in [-0.05, 0) is 31.6 Å². The van der Waals surface area contributed by atoms with E-state index in [1.54, 1.807) is 0 Å². The van der Waals surface area contributed by atoms with Crippen molar-refractivity contribution in [3.63, 3.8) is 0 Å². The molecule has 2 rings (SSSR count). The van der Waals surface area contributed by atoms with Crippen LogP contribution in [0.5, 0.6) is 0 Å². The van der Waals surface area contributed by atoms with Crippen molar-refractivity contribution in [3.05, 3.63) is 0 Å². The molecule has 2 N–H and O–H groups in total. The molecule has 1 amide bonds. The van der Waals surface area contributed by atoms with Crippen molar-refractivity contribution in [1.82, 2.24) is 4.90 Å². The van der Waals surface area contributed by atoms with Gasteiger partial charge < -0.3 is 10.6 Å². The fourth-order valence-electron chi connectivity index (χ4n) is 2.36. The zero-order valence-electron chi connectivity index (χ0n) is 8.91. The summed E-state index contributed by atoms with van der Waals surface area (Å²) >= 11 is 0. The second-order valence-electron chi connectivity index (χ2n) is 4.86. The van der Waals surface area contributed by atoms with Gasteiger partial charge in [-0.1, -0.05) is 6.42 Å². The number of nitrogens with zero attached hydrogens (tertiary/aromatic N) is 1. The molecule has 2 fully saturated rings. The average molecular weight is 196 g/mol. The Hall–Kier alpha value is -0.570. The summed E-state index contributed by atoms with van der Waals surface area (Å²) in [5.41, 5.74) is 5.92. The molecule has 3 heteroatoms. The van der Waals surface area contributed by atoms with Gasteiger partial charge in [0.15, 0.2) is 0 Å². The van der Waals surface area contributed by atoms with Crippen LogP contribution in [0.4, 0.5) is 0 Å². The summed E-state index contributed by atoms with van der Waals surface area (Å²) in [6, 6.07) is 0.115. The van der Waals surface area contributed by atoms with Gasteiger partial charge in [-0.15, -0.1) is 0 Å². The SMILES string of the molecule is CN(CC1CC1)C(=O)C1CCCC1N. The van der Waals surface area contributed by atoms with Crippen LogP contribution in [0.1, 0.15) is 32.1 Å². The molecule has 2 unspecified atom stereocenters. The van der Waals surface area contributed by atoms with E-state index in [4.69, 9.17) is 5.73 Å². The third-order valence-electron chi connectivity index (χ3n) is 3.49. The third kappa shape index (κ3) is 2.08. The van der Waals surface area contributed by atoms with Gasteiger partial charge in [-0.25, -0.2) is 0 Å². The van der Waals surface area contributed by atoms with E-state index in [1.807, 2.05) is 11.9 Å². The molecule has 0 heterocycles. The Morgan fingerprint density at radius 1 is 1.36 bits per heavy atom. The van der Waals surface area contributed by atoms with Gasteiger partial charge in [0.05, 0.1) is 5.92 Å². The molecule has 2 aliphatic carbocycles. The number of hydrogen-bond donors (Lipinski definition) is 1. The van der Waals surface area contributed by atoms with Crippen LogP contribution >= 0.6 is 0 Å². The van der Waals surface area contributed by atoms with E-state index >= 15 is 0 Å². The van der Waals surface area contributed by atoms with E-state index in [0.717, 1.165) is 31.7 Å². The van der Waals surface area contributed by atoms with Crippen LogP contribution < -0.4 is 5.73 Å². The predicted octanol–water partition coefficient (Wildman–Crippen LogP) is 0.982. The van der Waals surface area contributed by atoms with Gasteiger partial charge >= 0.3 is 0 Å². The van der Waals surface area contributed by atoms with E-state index in [-0.39, 0.29) is 17.9 Å². The molecule has 0 aromatic carbocycles. The van der Waals surface area contributed by atoms with Crippen molar-refractivity contribution in [2.45, 2.75) is 38.1 Å². The predicted molar refractivity (Wildman–Crippen MR) is 55.7 cm³/mol. The van der Waals surface area contributed by atoms with Crippen molar-refractivity contribution in [3.8, 4) is 0 Å². The van der Waals surface area contributed by atoms with Gasteiger partial charge in [-0.3, -0.25) is 4.79 Å². The second-order valence-corrected chi connectivity index (χ2v) is 4.86. The van der Waals surface area contributed by atoms with Gasteiger partial charge in [-0.2, -0.15) is 0 Å². The summed E-state index contributed by atoms with van der Waals surface area (Å²) < 4.78 is 0. The Labute approximate surface area is 85.6 Å². The van der Waals surface area contributed by atoms with Gasteiger partial charge in [0.1, 0.15) is 0 Å². The molecule has 0 aromatic rings. The number of amides is 1. The molecule has 0 saturated heterocycles. The Balaban J connectivity index is 1.85. The van der Waals surface area contributed by atoms with E-state index in [9.17, 15) is 4.79 Å². The largest absolute Gasteiger partial charge is 0.345 e. The molecule has 0 aliphatic heterocycles. The monoisotopic (exact) mass is 196 g/mol. The van der Waals surface area contributed by atoms with Crippen molar-refractivity contribution in [1.29, 1.82) is 0 Å². The van der Waals surface area contributed by atoms with Crippen LogP contribution in [0.25, 0.3) is 0 Å². The summed E-state index contributed by atoms with van der Waals surface area (Å²) in [6.45, 7) is 0.946. The Morgan fingerprint density at radius 3 is 2.57 bits per heavy atom. The number of hydrogen-bond acceptors (Lipinski definition) is 2. The van der Waals surface area contributed by atoms with Crippen LogP contribution in [-0.4, -0.2) is 30.4 Å². The Kier molecular flexibility index (Phi) is 2.77. The third-order valence-corrected chi connectivity index (χ3v) is 3.49. The highest BCUT2D eigenvalue weighted by molar-refractivity contribution is 5.79. The maximum atomic E-state index is 12.0. The maximum absolute atomic E-state index is 12.0. The van der Waals surface area contributed by atoms with Gasteiger partial charge in [0, 0.05) is 19.6 Å². The summed E-state index contributed by atoms with van der Waals surface area (Å²) in [5, 5.41) is 0. The van der Waals surface area contributed by atoms with E-state index in [1.165, 1.54) is 12.8 Å². The minimum absolute atomic E-state index is 0.110. The number of carbonyl (C=O) groups is 1. The van der Waals surface area contributed by atoms with E-state index < -0.39 is 0 Å². The molecule has 0 spiro atoms. The Bertz CT molecular complexity index is 225. The number of carbonyl (C=O) groups excluding carboxylic acids is 1. The van der Waals surface area contributed by atoms with Crippen LogP contribution in [0, 0.1) is 11.8 Å². The van der Waals surface area contributed by atoms with Crippen molar-refractivity contribution in [2.75, 3.05) is 13.6 Å². The smallest absolute Gasteiger partial charge is 0.226 e. The molecule has 0 bridgehead atoms. The molecule has 80 valence electrons. The summed E-state index contributed by atoms with van der Waals surface area (Å²) in [4.78, 5) is 13.9. The van der Waals surface area contributed by atoms with Crippen LogP contribution in [-0.2, 0) is 4.79 Å². The average Bonchev–Trinajstić information content (AvgIpc) is 2.86. The maximum Gasteiger partial charge on any atom is 0.226 e. The molecule has 2 aliphatic rings. The van der Waals surface area contributed by atoms with Crippen LogP contribution in [0.15, 0.2) is 0 Å². The van der Waals surface area contributed by atoms with Gasteiger partial charge in [0.25, 0.3) is 0 Å². The topological polar surface area (TPSA) is 46.3 Å². The highest BCUT2D eigenvalue weighted by Gasteiger charge is 2.34. The van der Waals surface area contributed by atoms with E-state index in [2.05, 4.69) is 0 Å². The molecular weight excluding hydrogens is 176 g/mol. The molecule has 2 saturated carbocycles. The summed E-state index contributed by atoms with van der Waals surface area (Å²) in [5.74, 6) is 1.17. The normalized spacial score (nSPS) is 31.9. The highest BCUT2D eigenvalue weighted by Crippen LogP contribution is 2.31. The fraction of sp³-hybridized carbons (Fsp3) is 0.909. The van der Waals surface area contributed by atoms with E-state index in [0.29, 0.717) is 0 Å². The lowest BCUT2D eigenvalue weighted by Gasteiger charge is -2.23. The minimum atomic E-state index is 0.110. The molecule has 3 nitrogen and oxygen atoms in total. The first-order chi connectivity index (χ1) is 6.68. The fourth-order valence-corrected chi connectivity index (χ4v) is 2.36. The second kappa shape index (κ2) is 3.89. The molecule has 14 heavy (non-hydrogen) atoms. The lowest BCUT2D eigenvalue weighted by atomic mass is 10.0. The lowest BCUT2D eigenvalue weighted by Crippen LogP contribution is -2.40. The van der Waals surface area contributed by atoms with Crippen LogP contribution in [0.3, 0.4) is 0 Å². The molecular formula is C11H20N2O. The first kappa shape index (κ1) is 9.97. The standard InChI is InChI=1S/C11H20N2O/c1-13(7-8-5-6-8)11(14)9-3-2-4-10(9)12/h8-10H,2-7,12H2,1H3. The van der Waals surface area contributed by atoms with Crippen LogP contribution in [0.2, 0.25) is 0 Å². The number of rotatable bonds is 3. The first-order valence-corrected chi connectivity index (χ1v) is 5.69.